The molecule has 0 spiro atoms. The van der Waals surface area contributed by atoms with Gasteiger partial charge in [0.25, 0.3) is 0 Å². The van der Waals surface area contributed by atoms with Crippen molar-refractivity contribution >= 4 is 5.82 Å². The quantitative estimate of drug-likeness (QED) is 0.763. The number of nitrogens with two attached hydrogens (primary N) is 1. The molecule has 82 valence electrons. The van der Waals surface area contributed by atoms with Crippen LogP contribution in [0.2, 0.25) is 0 Å². The molecule has 1 saturated carbocycles. The van der Waals surface area contributed by atoms with Crippen molar-refractivity contribution in [2.24, 2.45) is 0 Å². The van der Waals surface area contributed by atoms with Crippen LogP contribution in [0.3, 0.4) is 0 Å². The molecule has 2 heteroatoms. The van der Waals surface area contributed by atoms with Gasteiger partial charge in [-0.3, -0.25) is 0 Å². The van der Waals surface area contributed by atoms with Crippen molar-refractivity contribution in [3.05, 3.63) is 22.9 Å². The van der Waals surface area contributed by atoms with Gasteiger partial charge in [-0.2, -0.15) is 0 Å². The van der Waals surface area contributed by atoms with Crippen molar-refractivity contribution < 1.29 is 0 Å². The van der Waals surface area contributed by atoms with E-state index in [2.05, 4.69) is 32.7 Å². The highest BCUT2D eigenvalue weighted by Crippen LogP contribution is 2.45. The van der Waals surface area contributed by atoms with E-state index in [0.717, 1.165) is 5.92 Å². The Labute approximate surface area is 91.9 Å². The molecule has 0 amide bonds. The van der Waals surface area contributed by atoms with Gasteiger partial charge < -0.3 is 5.73 Å². The van der Waals surface area contributed by atoms with Crippen LogP contribution >= 0.6 is 0 Å². The van der Waals surface area contributed by atoms with E-state index in [-0.39, 0.29) is 5.41 Å². The Morgan fingerprint density at radius 2 is 1.93 bits per heavy atom. The summed E-state index contributed by atoms with van der Waals surface area (Å²) in [5.41, 5.74) is 9.90. The monoisotopic (exact) mass is 204 g/mol. The topological polar surface area (TPSA) is 38.9 Å². The molecule has 2 nitrogen and oxygen atoms in total. The Morgan fingerprint density at radius 1 is 1.33 bits per heavy atom. The molecule has 15 heavy (non-hydrogen) atoms. The minimum atomic E-state index is 0.0953. The van der Waals surface area contributed by atoms with Crippen LogP contribution in [0.25, 0.3) is 0 Å². The first-order chi connectivity index (χ1) is 6.89. The number of nitrogens with zero attached hydrogens (tertiary/aromatic N) is 1. The normalized spacial score (nSPS) is 16.8. The molecule has 0 aliphatic heterocycles. The summed E-state index contributed by atoms with van der Waals surface area (Å²) in [5, 5.41) is 0. The molecule has 1 aromatic heterocycles. The second kappa shape index (κ2) is 3.22. The van der Waals surface area contributed by atoms with Crippen LogP contribution in [0.4, 0.5) is 5.82 Å². The highest BCUT2D eigenvalue weighted by molar-refractivity contribution is 5.46. The van der Waals surface area contributed by atoms with Gasteiger partial charge >= 0.3 is 0 Å². The molecule has 1 aliphatic rings. The summed E-state index contributed by atoms with van der Waals surface area (Å²) in [4.78, 5) is 4.54. The molecule has 1 heterocycles. The van der Waals surface area contributed by atoms with Gasteiger partial charge in [0.05, 0.1) is 5.69 Å². The Bertz CT molecular complexity index is 384. The third-order valence-corrected chi connectivity index (χ3v) is 2.98. The summed E-state index contributed by atoms with van der Waals surface area (Å²) in [6.07, 6.45) is 2.63. The minimum Gasteiger partial charge on any atom is -0.384 e. The SMILES string of the molecule is Cc1cc(N)nc(C(C)(C)C)c1C1CC1. The minimum absolute atomic E-state index is 0.0953. The largest absolute Gasteiger partial charge is 0.384 e. The molecule has 1 aliphatic carbocycles. The summed E-state index contributed by atoms with van der Waals surface area (Å²) >= 11 is 0. The second-order valence-electron chi connectivity index (χ2n) is 5.65. The second-order valence-corrected chi connectivity index (χ2v) is 5.65. The summed E-state index contributed by atoms with van der Waals surface area (Å²) in [5.74, 6) is 1.40. The number of anilines is 1. The first-order valence-corrected chi connectivity index (χ1v) is 5.67. The van der Waals surface area contributed by atoms with E-state index in [0.29, 0.717) is 5.82 Å². The zero-order valence-corrected chi connectivity index (χ0v) is 10.1. The van der Waals surface area contributed by atoms with E-state index in [4.69, 9.17) is 5.73 Å². The molecule has 0 saturated heterocycles. The van der Waals surface area contributed by atoms with Crippen LogP contribution in [0, 0.1) is 6.92 Å². The fourth-order valence-corrected chi connectivity index (χ4v) is 2.17. The van der Waals surface area contributed by atoms with Crippen molar-refractivity contribution in [3.63, 3.8) is 0 Å². The van der Waals surface area contributed by atoms with Crippen LogP contribution in [0.1, 0.15) is 56.4 Å². The fraction of sp³-hybridized carbons (Fsp3) is 0.615. The standard InChI is InChI=1S/C13H20N2/c1-8-7-10(14)15-12(13(2,3)4)11(8)9-5-6-9/h7,9H,5-6H2,1-4H3,(H2,14,15). The molecule has 2 N–H and O–H groups in total. The Kier molecular flexibility index (Phi) is 2.25. The van der Waals surface area contributed by atoms with Gasteiger partial charge in [0.1, 0.15) is 5.82 Å². The first-order valence-electron chi connectivity index (χ1n) is 5.67. The highest BCUT2D eigenvalue weighted by Gasteiger charge is 2.32. The maximum atomic E-state index is 5.83. The molecule has 0 atom stereocenters. The molecule has 0 aromatic carbocycles. The first kappa shape index (κ1) is 10.5. The Hall–Kier alpha value is -1.05. The molecule has 1 fully saturated rings. The number of aromatic nitrogens is 1. The van der Waals surface area contributed by atoms with Gasteiger partial charge in [-0.05, 0) is 42.9 Å². The lowest BCUT2D eigenvalue weighted by Gasteiger charge is -2.23. The Balaban J connectivity index is 2.59. The number of nitrogen functional groups attached to an aromatic ring is 1. The third kappa shape index (κ3) is 1.99. The molecule has 1 aromatic rings. The predicted molar refractivity (Wildman–Crippen MR) is 64.1 cm³/mol. The predicted octanol–water partition coefficient (Wildman–Crippen LogP) is 3.15. The molecule has 0 unspecified atom stereocenters. The molecular formula is C13H20N2. The van der Waals surface area contributed by atoms with Gasteiger partial charge in [-0.1, -0.05) is 20.8 Å². The zero-order chi connectivity index (χ0) is 11.2. The summed E-state index contributed by atoms with van der Waals surface area (Å²) in [7, 11) is 0. The van der Waals surface area contributed by atoms with E-state index in [9.17, 15) is 0 Å². The zero-order valence-electron chi connectivity index (χ0n) is 10.1. The smallest absolute Gasteiger partial charge is 0.123 e. The summed E-state index contributed by atoms with van der Waals surface area (Å²) in [6, 6.07) is 2.00. The number of pyridine rings is 1. The van der Waals surface area contributed by atoms with Crippen LogP contribution in [0.15, 0.2) is 6.07 Å². The van der Waals surface area contributed by atoms with E-state index in [1.165, 1.54) is 29.7 Å². The number of hydrogen-bond donors (Lipinski definition) is 1. The van der Waals surface area contributed by atoms with Gasteiger partial charge in [-0.25, -0.2) is 4.98 Å². The van der Waals surface area contributed by atoms with Gasteiger partial charge in [0, 0.05) is 5.41 Å². The lowest BCUT2D eigenvalue weighted by atomic mass is 9.85. The van der Waals surface area contributed by atoms with E-state index in [1.807, 2.05) is 6.07 Å². The number of aryl methyl sites for hydroxylation is 1. The highest BCUT2D eigenvalue weighted by atomic mass is 14.9. The van der Waals surface area contributed by atoms with Gasteiger partial charge in [-0.15, -0.1) is 0 Å². The molecule has 2 rings (SSSR count). The fourth-order valence-electron chi connectivity index (χ4n) is 2.17. The maximum absolute atomic E-state index is 5.83. The van der Waals surface area contributed by atoms with Crippen molar-refractivity contribution in [2.45, 2.75) is 51.9 Å². The lowest BCUT2D eigenvalue weighted by Crippen LogP contribution is -2.18. The van der Waals surface area contributed by atoms with Crippen molar-refractivity contribution in [1.29, 1.82) is 0 Å². The van der Waals surface area contributed by atoms with E-state index < -0.39 is 0 Å². The molecule has 0 radical (unpaired) electrons. The summed E-state index contributed by atoms with van der Waals surface area (Å²) in [6.45, 7) is 8.78. The molecule has 0 bridgehead atoms. The van der Waals surface area contributed by atoms with E-state index in [1.54, 1.807) is 0 Å². The maximum Gasteiger partial charge on any atom is 0.123 e. The third-order valence-electron chi connectivity index (χ3n) is 2.98. The van der Waals surface area contributed by atoms with Gasteiger partial charge in [0.2, 0.25) is 0 Å². The lowest BCUT2D eigenvalue weighted by molar-refractivity contribution is 0.560. The number of rotatable bonds is 1. The van der Waals surface area contributed by atoms with Gasteiger partial charge in [0.15, 0.2) is 0 Å². The van der Waals surface area contributed by atoms with E-state index >= 15 is 0 Å². The molecular weight excluding hydrogens is 184 g/mol. The number of hydrogen-bond acceptors (Lipinski definition) is 2. The van der Waals surface area contributed by atoms with Crippen molar-refractivity contribution in [2.75, 3.05) is 5.73 Å². The average molecular weight is 204 g/mol. The average Bonchev–Trinajstić information content (AvgIpc) is 2.84. The van der Waals surface area contributed by atoms with Crippen LogP contribution in [-0.4, -0.2) is 4.98 Å². The summed E-state index contributed by atoms with van der Waals surface area (Å²) < 4.78 is 0. The Morgan fingerprint density at radius 3 is 2.40 bits per heavy atom. The van der Waals surface area contributed by atoms with Crippen LogP contribution in [-0.2, 0) is 5.41 Å². The van der Waals surface area contributed by atoms with Crippen molar-refractivity contribution in [1.82, 2.24) is 4.98 Å². The van der Waals surface area contributed by atoms with Crippen LogP contribution in [0.5, 0.6) is 0 Å². The van der Waals surface area contributed by atoms with Crippen molar-refractivity contribution in [3.8, 4) is 0 Å². The van der Waals surface area contributed by atoms with Crippen LogP contribution < -0.4 is 5.73 Å².